The molecule has 0 aliphatic carbocycles. The first kappa shape index (κ1) is 17.6. The summed E-state index contributed by atoms with van der Waals surface area (Å²) in [5.74, 6) is -0.304. The molecule has 0 saturated carbocycles. The molecule has 128 valence electrons. The minimum absolute atomic E-state index is 0.166. The van der Waals surface area contributed by atoms with E-state index in [0.717, 1.165) is 17.0 Å². The summed E-state index contributed by atoms with van der Waals surface area (Å²) in [6.45, 7) is 4.63. The zero-order valence-corrected chi connectivity index (χ0v) is 16.1. The van der Waals surface area contributed by atoms with Gasteiger partial charge in [-0.2, -0.15) is 5.10 Å². The highest BCUT2D eigenvalue weighted by atomic mass is 79.9. The van der Waals surface area contributed by atoms with Crippen LogP contribution < -0.4 is 5.32 Å². The number of pyridine rings is 1. The van der Waals surface area contributed by atoms with Crippen LogP contribution in [-0.2, 0) is 6.54 Å². The molecule has 1 N–H and O–H groups in total. The van der Waals surface area contributed by atoms with E-state index in [1.165, 1.54) is 0 Å². The molecule has 0 aliphatic heterocycles. The van der Waals surface area contributed by atoms with Gasteiger partial charge in [-0.05, 0) is 59.6 Å². The Morgan fingerprint density at radius 3 is 2.80 bits per heavy atom. The van der Waals surface area contributed by atoms with E-state index in [1.807, 2.05) is 48.9 Å². The smallest absolute Gasteiger partial charge is 0.258 e. The minimum atomic E-state index is -0.304. The number of rotatable bonds is 4. The Balaban J connectivity index is 1.78. The minimum Gasteiger partial charge on any atom is -0.322 e. The monoisotopic (exact) mass is 418 g/mol. The lowest BCUT2D eigenvalue weighted by Gasteiger charge is -2.09. The predicted octanol–water partition coefficient (Wildman–Crippen LogP) is 4.61. The van der Waals surface area contributed by atoms with Crippen LogP contribution in [0.4, 0.5) is 5.69 Å². The van der Waals surface area contributed by atoms with Crippen LogP contribution >= 0.6 is 27.5 Å². The summed E-state index contributed by atoms with van der Waals surface area (Å²) in [5, 5.41) is 7.49. The van der Waals surface area contributed by atoms with Crippen molar-refractivity contribution in [2.24, 2.45) is 0 Å². The van der Waals surface area contributed by atoms with Crippen LogP contribution in [0.1, 0.15) is 27.3 Å². The zero-order valence-electron chi connectivity index (χ0n) is 13.8. The first-order valence-corrected chi connectivity index (χ1v) is 8.82. The number of amides is 1. The van der Waals surface area contributed by atoms with Gasteiger partial charge in [0.05, 0.1) is 17.8 Å². The van der Waals surface area contributed by atoms with Gasteiger partial charge in [0, 0.05) is 22.1 Å². The number of carbonyl (C=O) groups is 1. The van der Waals surface area contributed by atoms with E-state index < -0.39 is 0 Å². The highest BCUT2D eigenvalue weighted by Gasteiger charge is 2.13. The highest BCUT2D eigenvalue weighted by Crippen LogP contribution is 2.20. The van der Waals surface area contributed by atoms with Gasteiger partial charge < -0.3 is 5.32 Å². The van der Waals surface area contributed by atoms with E-state index in [1.54, 1.807) is 12.3 Å². The number of aromatic nitrogens is 3. The molecule has 3 rings (SSSR count). The normalized spacial score (nSPS) is 10.7. The largest absolute Gasteiger partial charge is 0.322 e. The van der Waals surface area contributed by atoms with Crippen LogP contribution in [0.25, 0.3) is 0 Å². The van der Waals surface area contributed by atoms with Gasteiger partial charge in [0.1, 0.15) is 5.15 Å². The SMILES string of the molecule is Cc1cc(C)n(Cc2cccc(NC(=O)c3cc(Br)cnc3Cl)c2)n1. The van der Waals surface area contributed by atoms with Crippen molar-refractivity contribution in [3.05, 3.63) is 74.7 Å². The molecule has 7 heteroatoms. The zero-order chi connectivity index (χ0) is 18.0. The Morgan fingerprint density at radius 2 is 2.08 bits per heavy atom. The highest BCUT2D eigenvalue weighted by molar-refractivity contribution is 9.10. The molecule has 1 aromatic carbocycles. The summed E-state index contributed by atoms with van der Waals surface area (Å²) in [6, 6.07) is 11.3. The molecule has 0 saturated heterocycles. The van der Waals surface area contributed by atoms with Crippen LogP contribution in [0.2, 0.25) is 5.15 Å². The number of halogens is 2. The quantitative estimate of drug-likeness (QED) is 0.628. The van der Waals surface area contributed by atoms with Crippen LogP contribution in [0.5, 0.6) is 0 Å². The topological polar surface area (TPSA) is 59.8 Å². The van der Waals surface area contributed by atoms with Gasteiger partial charge >= 0.3 is 0 Å². The first-order chi connectivity index (χ1) is 11.9. The van der Waals surface area contributed by atoms with Crippen molar-refractivity contribution in [3.8, 4) is 0 Å². The van der Waals surface area contributed by atoms with Gasteiger partial charge in [-0.25, -0.2) is 4.98 Å². The third-order valence-electron chi connectivity index (χ3n) is 3.67. The molecule has 1 amide bonds. The average Bonchev–Trinajstić information content (AvgIpc) is 2.87. The molecule has 25 heavy (non-hydrogen) atoms. The van der Waals surface area contributed by atoms with Gasteiger partial charge in [-0.1, -0.05) is 23.7 Å². The van der Waals surface area contributed by atoms with Crippen LogP contribution in [0.15, 0.2) is 47.1 Å². The summed E-state index contributed by atoms with van der Waals surface area (Å²) in [4.78, 5) is 16.4. The van der Waals surface area contributed by atoms with Crippen LogP contribution in [0, 0.1) is 13.8 Å². The summed E-state index contributed by atoms with van der Waals surface area (Å²) in [6.07, 6.45) is 1.55. The molecular formula is C18H16BrClN4O. The van der Waals surface area contributed by atoms with E-state index in [0.29, 0.717) is 22.3 Å². The van der Waals surface area contributed by atoms with Crippen molar-refractivity contribution in [3.63, 3.8) is 0 Å². The molecule has 0 aliphatic rings. The van der Waals surface area contributed by atoms with Crippen molar-refractivity contribution < 1.29 is 4.79 Å². The fraction of sp³-hybridized carbons (Fsp3) is 0.167. The van der Waals surface area contributed by atoms with E-state index in [2.05, 4.69) is 31.3 Å². The van der Waals surface area contributed by atoms with E-state index in [4.69, 9.17) is 11.6 Å². The second-order valence-corrected chi connectivity index (χ2v) is 7.00. The fourth-order valence-corrected chi connectivity index (χ4v) is 3.06. The van der Waals surface area contributed by atoms with E-state index in [9.17, 15) is 4.79 Å². The van der Waals surface area contributed by atoms with Crippen molar-refractivity contribution in [1.29, 1.82) is 0 Å². The predicted molar refractivity (Wildman–Crippen MR) is 102 cm³/mol. The lowest BCUT2D eigenvalue weighted by atomic mass is 10.2. The molecule has 0 spiro atoms. The summed E-state index contributed by atoms with van der Waals surface area (Å²) >= 11 is 9.31. The molecule has 0 unspecified atom stereocenters. The molecule has 3 aromatic rings. The maximum absolute atomic E-state index is 12.4. The average molecular weight is 420 g/mol. The second kappa shape index (κ2) is 7.37. The Bertz CT molecular complexity index is 939. The summed E-state index contributed by atoms with van der Waals surface area (Å²) in [5.41, 5.74) is 4.14. The van der Waals surface area contributed by atoms with Crippen LogP contribution in [-0.4, -0.2) is 20.7 Å². The Hall–Kier alpha value is -2.18. The maximum atomic E-state index is 12.4. The number of carbonyl (C=O) groups excluding carboxylic acids is 1. The number of hydrogen-bond acceptors (Lipinski definition) is 3. The Labute approximate surface area is 159 Å². The lowest BCUT2D eigenvalue weighted by Crippen LogP contribution is -2.13. The number of anilines is 1. The summed E-state index contributed by atoms with van der Waals surface area (Å²) in [7, 11) is 0. The molecule has 5 nitrogen and oxygen atoms in total. The van der Waals surface area contributed by atoms with Gasteiger partial charge in [-0.15, -0.1) is 0 Å². The third-order valence-corrected chi connectivity index (χ3v) is 4.41. The molecule has 0 radical (unpaired) electrons. The number of nitrogens with one attached hydrogen (secondary N) is 1. The third kappa shape index (κ3) is 4.27. The maximum Gasteiger partial charge on any atom is 0.258 e. The lowest BCUT2D eigenvalue weighted by molar-refractivity contribution is 0.102. The first-order valence-electron chi connectivity index (χ1n) is 7.65. The Morgan fingerprint density at radius 1 is 1.28 bits per heavy atom. The Kier molecular flexibility index (Phi) is 5.20. The second-order valence-electron chi connectivity index (χ2n) is 5.73. The number of benzene rings is 1. The van der Waals surface area contributed by atoms with Crippen LogP contribution in [0.3, 0.4) is 0 Å². The molecule has 2 aromatic heterocycles. The van der Waals surface area contributed by atoms with Crippen molar-refractivity contribution in [2.75, 3.05) is 5.32 Å². The van der Waals surface area contributed by atoms with Crippen molar-refractivity contribution in [1.82, 2.24) is 14.8 Å². The molecule has 0 fully saturated rings. The number of nitrogens with zero attached hydrogens (tertiary/aromatic N) is 3. The molecule has 2 heterocycles. The number of aryl methyl sites for hydroxylation is 2. The molecule has 0 bridgehead atoms. The van der Waals surface area contributed by atoms with Gasteiger partial charge in [0.15, 0.2) is 0 Å². The van der Waals surface area contributed by atoms with E-state index in [-0.39, 0.29) is 11.1 Å². The van der Waals surface area contributed by atoms with Gasteiger partial charge in [-0.3, -0.25) is 9.48 Å². The summed E-state index contributed by atoms with van der Waals surface area (Å²) < 4.78 is 2.63. The molecular weight excluding hydrogens is 404 g/mol. The standard InChI is InChI=1S/C18H16BrClN4O/c1-11-6-12(2)24(23-11)10-13-4-3-5-15(7-13)22-18(25)16-8-14(19)9-21-17(16)20/h3-9H,10H2,1-2H3,(H,22,25). The van der Waals surface area contributed by atoms with Gasteiger partial charge in [0.2, 0.25) is 0 Å². The van der Waals surface area contributed by atoms with Crippen molar-refractivity contribution >= 4 is 39.1 Å². The van der Waals surface area contributed by atoms with Gasteiger partial charge in [0.25, 0.3) is 5.91 Å². The fourth-order valence-electron chi connectivity index (χ4n) is 2.54. The van der Waals surface area contributed by atoms with E-state index >= 15 is 0 Å². The van der Waals surface area contributed by atoms with Crippen molar-refractivity contribution in [2.45, 2.75) is 20.4 Å². The number of hydrogen-bond donors (Lipinski definition) is 1. The molecule has 0 atom stereocenters.